The van der Waals surface area contributed by atoms with Crippen LogP contribution in [0.4, 0.5) is 0 Å². The largest absolute Gasteiger partial charge is 0.468 e. The van der Waals surface area contributed by atoms with Crippen LogP contribution in [-0.2, 0) is 14.3 Å². The fourth-order valence-corrected chi connectivity index (χ4v) is 1.75. The molecule has 0 aliphatic carbocycles. The van der Waals surface area contributed by atoms with Gasteiger partial charge in [-0.1, -0.05) is 13.8 Å². The van der Waals surface area contributed by atoms with E-state index in [4.69, 9.17) is 9.47 Å². The molecule has 5 heteroatoms. The average molecular weight is 260 g/mol. The van der Waals surface area contributed by atoms with Crippen LogP contribution in [0.5, 0.6) is 0 Å². The van der Waals surface area contributed by atoms with Gasteiger partial charge < -0.3 is 19.7 Å². The number of hydrogen-bond acceptors (Lipinski definition) is 5. The third kappa shape index (κ3) is 8.44. The Morgan fingerprint density at radius 2 is 1.94 bits per heavy atom. The van der Waals surface area contributed by atoms with Gasteiger partial charge in [0, 0.05) is 26.3 Å². The molecule has 18 heavy (non-hydrogen) atoms. The van der Waals surface area contributed by atoms with Gasteiger partial charge in [-0.05, 0) is 26.4 Å². The Morgan fingerprint density at radius 1 is 1.28 bits per heavy atom. The van der Waals surface area contributed by atoms with E-state index >= 15 is 0 Å². The molecule has 0 amide bonds. The van der Waals surface area contributed by atoms with E-state index in [0.717, 1.165) is 32.5 Å². The predicted molar refractivity (Wildman–Crippen MR) is 72.7 cm³/mol. The van der Waals surface area contributed by atoms with Gasteiger partial charge in [0.2, 0.25) is 0 Å². The quantitative estimate of drug-likeness (QED) is 0.467. The van der Waals surface area contributed by atoms with E-state index in [1.807, 2.05) is 13.8 Å². The van der Waals surface area contributed by atoms with Crippen LogP contribution in [0.1, 0.15) is 26.7 Å². The Bertz CT molecular complexity index is 222. The number of nitrogens with one attached hydrogen (secondary N) is 1. The van der Waals surface area contributed by atoms with E-state index in [2.05, 4.69) is 17.3 Å². The first-order valence-electron chi connectivity index (χ1n) is 6.52. The van der Waals surface area contributed by atoms with Crippen molar-refractivity contribution in [2.75, 3.05) is 41.0 Å². The summed E-state index contributed by atoms with van der Waals surface area (Å²) in [5.74, 6) is -0.186. The highest BCUT2D eigenvalue weighted by molar-refractivity contribution is 5.75. The van der Waals surface area contributed by atoms with Gasteiger partial charge in [0.15, 0.2) is 0 Å². The Morgan fingerprint density at radius 3 is 2.44 bits per heavy atom. The molecule has 0 radical (unpaired) electrons. The first-order chi connectivity index (χ1) is 8.51. The van der Waals surface area contributed by atoms with Gasteiger partial charge in [-0.3, -0.25) is 4.79 Å². The van der Waals surface area contributed by atoms with Gasteiger partial charge in [0.1, 0.15) is 6.04 Å². The van der Waals surface area contributed by atoms with Crippen molar-refractivity contribution < 1.29 is 14.3 Å². The maximum absolute atomic E-state index is 11.6. The number of ether oxygens (including phenoxy) is 2. The molecule has 0 aromatic carbocycles. The SMILES string of the molecule is COCCCN(C)CCC(NC(C)C)C(=O)OC. The number of carbonyl (C=O) groups is 1. The molecule has 5 nitrogen and oxygen atoms in total. The number of methoxy groups -OCH3 is 2. The van der Waals surface area contributed by atoms with Crippen LogP contribution in [-0.4, -0.2) is 63.9 Å². The van der Waals surface area contributed by atoms with Crippen molar-refractivity contribution in [3.63, 3.8) is 0 Å². The molecular formula is C13H28N2O3. The molecular weight excluding hydrogens is 232 g/mol. The molecule has 0 saturated carbocycles. The second kappa shape index (κ2) is 10.3. The number of rotatable bonds is 10. The van der Waals surface area contributed by atoms with Gasteiger partial charge in [-0.2, -0.15) is 0 Å². The lowest BCUT2D eigenvalue weighted by molar-refractivity contribution is -0.143. The van der Waals surface area contributed by atoms with E-state index in [1.165, 1.54) is 7.11 Å². The highest BCUT2D eigenvalue weighted by Gasteiger charge is 2.19. The predicted octanol–water partition coefficient (Wildman–Crippen LogP) is 0.884. The van der Waals surface area contributed by atoms with Crippen LogP contribution >= 0.6 is 0 Å². The number of hydrogen-bond donors (Lipinski definition) is 1. The number of nitrogens with zero attached hydrogens (tertiary/aromatic N) is 1. The fourth-order valence-electron chi connectivity index (χ4n) is 1.75. The molecule has 0 saturated heterocycles. The zero-order valence-corrected chi connectivity index (χ0v) is 12.4. The minimum atomic E-state index is -0.222. The molecule has 1 atom stereocenters. The molecule has 0 aliphatic heterocycles. The summed E-state index contributed by atoms with van der Waals surface area (Å²) in [5, 5.41) is 3.23. The summed E-state index contributed by atoms with van der Waals surface area (Å²) in [6.45, 7) is 6.66. The highest BCUT2D eigenvalue weighted by atomic mass is 16.5. The Hall–Kier alpha value is -0.650. The van der Waals surface area contributed by atoms with Gasteiger partial charge in [0.05, 0.1) is 7.11 Å². The topological polar surface area (TPSA) is 50.8 Å². The van der Waals surface area contributed by atoms with Crippen LogP contribution in [0.3, 0.4) is 0 Å². The van der Waals surface area contributed by atoms with E-state index < -0.39 is 0 Å². The van der Waals surface area contributed by atoms with Crippen LogP contribution in [0.2, 0.25) is 0 Å². The summed E-state index contributed by atoms with van der Waals surface area (Å²) >= 11 is 0. The molecule has 0 spiro atoms. The Labute approximate surface area is 111 Å². The summed E-state index contributed by atoms with van der Waals surface area (Å²) in [5.41, 5.74) is 0. The normalized spacial score (nSPS) is 13.1. The Balaban J connectivity index is 3.97. The van der Waals surface area contributed by atoms with Gasteiger partial charge >= 0.3 is 5.97 Å². The molecule has 108 valence electrons. The van der Waals surface area contributed by atoms with Gasteiger partial charge in [-0.25, -0.2) is 0 Å². The van der Waals surface area contributed by atoms with Crippen LogP contribution in [0.25, 0.3) is 0 Å². The zero-order valence-electron chi connectivity index (χ0n) is 12.4. The van der Waals surface area contributed by atoms with Crippen molar-refractivity contribution in [1.82, 2.24) is 10.2 Å². The first-order valence-corrected chi connectivity index (χ1v) is 6.52. The lowest BCUT2D eigenvalue weighted by Gasteiger charge is -2.22. The Kier molecular flexibility index (Phi) is 9.92. The van der Waals surface area contributed by atoms with Crippen molar-refractivity contribution >= 4 is 5.97 Å². The summed E-state index contributed by atoms with van der Waals surface area (Å²) < 4.78 is 9.82. The summed E-state index contributed by atoms with van der Waals surface area (Å²) in [6, 6.07) is 0.0489. The second-order valence-corrected chi connectivity index (χ2v) is 4.84. The molecule has 0 aromatic rings. The average Bonchev–Trinajstić information content (AvgIpc) is 2.33. The van der Waals surface area contributed by atoms with Crippen LogP contribution in [0, 0.1) is 0 Å². The molecule has 1 unspecified atom stereocenters. The molecule has 1 N–H and O–H groups in total. The molecule has 0 aliphatic rings. The molecule has 0 fully saturated rings. The highest BCUT2D eigenvalue weighted by Crippen LogP contribution is 2.00. The van der Waals surface area contributed by atoms with Gasteiger partial charge in [-0.15, -0.1) is 0 Å². The summed E-state index contributed by atoms with van der Waals surface area (Å²) in [6.07, 6.45) is 1.77. The van der Waals surface area contributed by atoms with Crippen LogP contribution < -0.4 is 5.32 Å². The van der Waals surface area contributed by atoms with E-state index in [-0.39, 0.29) is 18.1 Å². The van der Waals surface area contributed by atoms with Crippen molar-refractivity contribution in [1.29, 1.82) is 0 Å². The summed E-state index contributed by atoms with van der Waals surface area (Å²) in [4.78, 5) is 13.8. The third-order valence-electron chi connectivity index (χ3n) is 2.71. The monoisotopic (exact) mass is 260 g/mol. The second-order valence-electron chi connectivity index (χ2n) is 4.84. The lowest BCUT2D eigenvalue weighted by Crippen LogP contribution is -2.43. The minimum absolute atomic E-state index is 0.186. The van der Waals surface area contributed by atoms with E-state index in [1.54, 1.807) is 7.11 Å². The molecule has 0 heterocycles. The smallest absolute Gasteiger partial charge is 0.322 e. The molecule has 0 bridgehead atoms. The lowest BCUT2D eigenvalue weighted by atomic mass is 10.1. The maximum Gasteiger partial charge on any atom is 0.322 e. The standard InChI is InChI=1S/C13H28N2O3/c1-11(2)14-12(13(16)18-5)7-9-15(3)8-6-10-17-4/h11-12,14H,6-10H2,1-5H3. The van der Waals surface area contributed by atoms with E-state index in [9.17, 15) is 4.79 Å². The van der Waals surface area contributed by atoms with Crippen molar-refractivity contribution in [3.05, 3.63) is 0 Å². The minimum Gasteiger partial charge on any atom is -0.468 e. The fraction of sp³-hybridized carbons (Fsp3) is 0.923. The first kappa shape index (κ1) is 17.4. The number of esters is 1. The maximum atomic E-state index is 11.6. The number of carbonyl (C=O) groups excluding carboxylic acids is 1. The summed E-state index contributed by atoms with van der Waals surface area (Å²) in [7, 11) is 5.19. The zero-order chi connectivity index (χ0) is 14.0. The van der Waals surface area contributed by atoms with E-state index in [0.29, 0.717) is 0 Å². The molecule has 0 rings (SSSR count). The van der Waals surface area contributed by atoms with Crippen molar-refractivity contribution in [2.45, 2.75) is 38.8 Å². The van der Waals surface area contributed by atoms with Gasteiger partial charge in [0.25, 0.3) is 0 Å². The van der Waals surface area contributed by atoms with Crippen molar-refractivity contribution in [2.24, 2.45) is 0 Å². The molecule has 0 aromatic heterocycles. The van der Waals surface area contributed by atoms with Crippen molar-refractivity contribution in [3.8, 4) is 0 Å². The van der Waals surface area contributed by atoms with Crippen LogP contribution in [0.15, 0.2) is 0 Å². The third-order valence-corrected chi connectivity index (χ3v) is 2.71.